The molecular formula is C11H20N2O. The van der Waals surface area contributed by atoms with Gasteiger partial charge >= 0.3 is 0 Å². The van der Waals surface area contributed by atoms with Crippen molar-refractivity contribution in [3.05, 3.63) is 12.2 Å². The van der Waals surface area contributed by atoms with E-state index in [0.29, 0.717) is 0 Å². The zero-order valence-electron chi connectivity index (χ0n) is 8.71. The molecule has 1 heterocycles. The lowest BCUT2D eigenvalue weighted by Crippen LogP contribution is -2.28. The number of likely N-dealkylation sites (tertiary alicyclic amines) is 1. The van der Waals surface area contributed by atoms with E-state index in [1.807, 2.05) is 0 Å². The third-order valence-corrected chi connectivity index (χ3v) is 2.91. The number of aliphatic hydroxyl groups excluding tert-OH is 1. The molecule has 0 spiro atoms. The van der Waals surface area contributed by atoms with Crippen molar-refractivity contribution in [2.24, 2.45) is 0 Å². The molecule has 2 rings (SSSR count). The summed E-state index contributed by atoms with van der Waals surface area (Å²) < 4.78 is 0. The Kier molecular flexibility index (Phi) is 3.21. The number of hydrogen-bond acceptors (Lipinski definition) is 3. The van der Waals surface area contributed by atoms with Gasteiger partial charge in [-0.25, -0.2) is 0 Å². The first kappa shape index (κ1) is 10.1. The van der Waals surface area contributed by atoms with Gasteiger partial charge in [-0.05, 0) is 24.8 Å². The largest absolute Gasteiger partial charge is 0.392 e. The summed E-state index contributed by atoms with van der Waals surface area (Å²) in [6.07, 6.45) is 3.47. The van der Waals surface area contributed by atoms with E-state index < -0.39 is 0 Å². The maximum absolute atomic E-state index is 9.35. The topological polar surface area (TPSA) is 35.5 Å². The Morgan fingerprint density at radius 3 is 2.79 bits per heavy atom. The second-order valence-corrected chi connectivity index (χ2v) is 4.58. The number of β-amino-alcohol motifs (C(OH)–C–C–N with tert-alkyl or cyclic N) is 1. The lowest BCUT2D eigenvalue weighted by Gasteiger charge is -2.16. The molecule has 0 aromatic carbocycles. The van der Waals surface area contributed by atoms with Crippen LogP contribution < -0.4 is 5.32 Å². The first-order chi connectivity index (χ1) is 6.74. The molecule has 2 aliphatic rings. The second kappa shape index (κ2) is 4.43. The Balaban J connectivity index is 1.61. The van der Waals surface area contributed by atoms with Gasteiger partial charge in [0.2, 0.25) is 0 Å². The second-order valence-electron chi connectivity index (χ2n) is 4.58. The summed E-state index contributed by atoms with van der Waals surface area (Å²) in [6.45, 7) is 7.78. The highest BCUT2D eigenvalue weighted by Gasteiger charge is 2.22. The summed E-state index contributed by atoms with van der Waals surface area (Å²) in [4.78, 5) is 2.28. The summed E-state index contributed by atoms with van der Waals surface area (Å²) in [7, 11) is 0. The maximum atomic E-state index is 9.35. The standard InChI is InChI=1S/C11H20N2O/c1-9(6-12-10-2-3-10)7-13-5-4-11(14)8-13/h10-12,14H,1-8H2. The summed E-state index contributed by atoms with van der Waals surface area (Å²) >= 11 is 0. The minimum absolute atomic E-state index is 0.112. The molecule has 1 atom stereocenters. The van der Waals surface area contributed by atoms with Crippen molar-refractivity contribution in [3.8, 4) is 0 Å². The molecule has 0 radical (unpaired) electrons. The summed E-state index contributed by atoms with van der Waals surface area (Å²) in [5.74, 6) is 0. The number of nitrogens with zero attached hydrogens (tertiary/aromatic N) is 1. The molecular weight excluding hydrogens is 176 g/mol. The monoisotopic (exact) mass is 196 g/mol. The van der Waals surface area contributed by atoms with E-state index in [1.54, 1.807) is 0 Å². The third kappa shape index (κ3) is 3.08. The lowest BCUT2D eigenvalue weighted by atomic mass is 10.3. The molecule has 1 aliphatic carbocycles. The van der Waals surface area contributed by atoms with Crippen molar-refractivity contribution >= 4 is 0 Å². The Labute approximate surface area is 85.8 Å². The molecule has 3 heteroatoms. The smallest absolute Gasteiger partial charge is 0.0679 e. The predicted octanol–water partition coefficient (Wildman–Crippen LogP) is 0.361. The van der Waals surface area contributed by atoms with Crippen molar-refractivity contribution < 1.29 is 5.11 Å². The predicted molar refractivity (Wildman–Crippen MR) is 57.2 cm³/mol. The maximum Gasteiger partial charge on any atom is 0.0679 e. The minimum Gasteiger partial charge on any atom is -0.392 e. The van der Waals surface area contributed by atoms with Gasteiger partial charge in [0, 0.05) is 32.2 Å². The Morgan fingerprint density at radius 2 is 2.21 bits per heavy atom. The zero-order valence-corrected chi connectivity index (χ0v) is 8.71. The molecule has 0 amide bonds. The third-order valence-electron chi connectivity index (χ3n) is 2.91. The highest BCUT2D eigenvalue weighted by Crippen LogP contribution is 2.18. The van der Waals surface area contributed by atoms with Crippen LogP contribution in [0.25, 0.3) is 0 Å². The summed E-state index contributed by atoms with van der Waals surface area (Å²) in [6, 6.07) is 0.760. The van der Waals surface area contributed by atoms with E-state index in [0.717, 1.165) is 38.6 Å². The normalized spacial score (nSPS) is 28.2. The first-order valence-corrected chi connectivity index (χ1v) is 5.54. The number of rotatable bonds is 5. The molecule has 1 saturated heterocycles. The van der Waals surface area contributed by atoms with E-state index >= 15 is 0 Å². The van der Waals surface area contributed by atoms with Gasteiger partial charge < -0.3 is 10.4 Å². The average Bonchev–Trinajstić information content (AvgIpc) is 2.88. The Hall–Kier alpha value is -0.380. The highest BCUT2D eigenvalue weighted by atomic mass is 16.3. The fourth-order valence-corrected chi connectivity index (χ4v) is 1.90. The quantitative estimate of drug-likeness (QED) is 0.623. The summed E-state index contributed by atoms with van der Waals surface area (Å²) in [5.41, 5.74) is 1.24. The van der Waals surface area contributed by atoms with Gasteiger partial charge in [-0.2, -0.15) is 0 Å². The number of aliphatic hydroxyl groups is 1. The van der Waals surface area contributed by atoms with Gasteiger partial charge in [-0.3, -0.25) is 4.90 Å². The van der Waals surface area contributed by atoms with Gasteiger partial charge in [-0.15, -0.1) is 0 Å². The molecule has 1 unspecified atom stereocenters. The molecule has 2 fully saturated rings. The van der Waals surface area contributed by atoms with E-state index in [1.165, 1.54) is 18.4 Å². The van der Waals surface area contributed by atoms with Gasteiger partial charge in [0.15, 0.2) is 0 Å². The summed E-state index contributed by atoms with van der Waals surface area (Å²) in [5, 5.41) is 12.8. The molecule has 1 aliphatic heterocycles. The van der Waals surface area contributed by atoms with Gasteiger partial charge in [0.05, 0.1) is 6.10 Å². The van der Waals surface area contributed by atoms with E-state index in [4.69, 9.17) is 0 Å². The van der Waals surface area contributed by atoms with Crippen LogP contribution in [0.4, 0.5) is 0 Å². The number of nitrogens with one attached hydrogen (secondary N) is 1. The van der Waals surface area contributed by atoms with Crippen LogP contribution in [0.2, 0.25) is 0 Å². The van der Waals surface area contributed by atoms with E-state index in [9.17, 15) is 5.11 Å². The van der Waals surface area contributed by atoms with Crippen LogP contribution in [0.15, 0.2) is 12.2 Å². The molecule has 1 saturated carbocycles. The molecule has 3 nitrogen and oxygen atoms in total. The van der Waals surface area contributed by atoms with Crippen molar-refractivity contribution in [2.75, 3.05) is 26.2 Å². The molecule has 14 heavy (non-hydrogen) atoms. The molecule has 0 aromatic heterocycles. The van der Waals surface area contributed by atoms with Crippen LogP contribution in [0.1, 0.15) is 19.3 Å². The van der Waals surface area contributed by atoms with Crippen LogP contribution in [-0.4, -0.2) is 48.3 Å². The van der Waals surface area contributed by atoms with E-state index in [2.05, 4.69) is 16.8 Å². The SMILES string of the molecule is C=C(CNC1CC1)CN1CCC(O)C1. The Morgan fingerprint density at radius 1 is 1.43 bits per heavy atom. The molecule has 0 aromatic rings. The van der Waals surface area contributed by atoms with Crippen LogP contribution in [0.3, 0.4) is 0 Å². The fraction of sp³-hybridized carbons (Fsp3) is 0.818. The van der Waals surface area contributed by atoms with Crippen LogP contribution >= 0.6 is 0 Å². The number of hydrogen-bond donors (Lipinski definition) is 2. The van der Waals surface area contributed by atoms with Crippen molar-refractivity contribution in [2.45, 2.75) is 31.4 Å². The van der Waals surface area contributed by atoms with Gasteiger partial charge in [0.25, 0.3) is 0 Å². The molecule has 0 bridgehead atoms. The fourth-order valence-electron chi connectivity index (χ4n) is 1.90. The minimum atomic E-state index is -0.112. The zero-order chi connectivity index (χ0) is 9.97. The van der Waals surface area contributed by atoms with Gasteiger partial charge in [0.1, 0.15) is 0 Å². The van der Waals surface area contributed by atoms with Crippen LogP contribution in [-0.2, 0) is 0 Å². The average molecular weight is 196 g/mol. The Bertz CT molecular complexity index is 213. The first-order valence-electron chi connectivity index (χ1n) is 5.54. The lowest BCUT2D eigenvalue weighted by molar-refractivity contribution is 0.179. The van der Waals surface area contributed by atoms with Crippen molar-refractivity contribution in [1.82, 2.24) is 10.2 Å². The van der Waals surface area contributed by atoms with E-state index in [-0.39, 0.29) is 6.10 Å². The van der Waals surface area contributed by atoms with Gasteiger partial charge in [-0.1, -0.05) is 6.58 Å². The van der Waals surface area contributed by atoms with Crippen LogP contribution in [0.5, 0.6) is 0 Å². The highest BCUT2D eigenvalue weighted by molar-refractivity contribution is 5.02. The van der Waals surface area contributed by atoms with Crippen LogP contribution in [0, 0.1) is 0 Å². The van der Waals surface area contributed by atoms with Crippen molar-refractivity contribution in [3.63, 3.8) is 0 Å². The molecule has 2 N–H and O–H groups in total. The van der Waals surface area contributed by atoms with Crippen molar-refractivity contribution in [1.29, 1.82) is 0 Å². The molecule has 80 valence electrons.